The second-order valence-electron chi connectivity index (χ2n) is 5.36. The maximum atomic E-state index is 12.4. The monoisotopic (exact) mass is 315 g/mol. The van der Waals surface area contributed by atoms with E-state index < -0.39 is 0 Å². The number of hydrogen-bond acceptors (Lipinski definition) is 4. The molecule has 1 saturated heterocycles. The number of rotatable bonds is 2. The lowest BCUT2D eigenvalue weighted by Gasteiger charge is -2.38. The predicted molar refractivity (Wildman–Crippen MR) is 78.3 cm³/mol. The van der Waals surface area contributed by atoms with E-state index in [1.807, 2.05) is 11.9 Å². The standard InChI is InChI=1S/C14H18ClNO3S/c1-16(13(17)11-2-3-12(15)20-11)10-4-6-14(7-5-10)18-8-9-19-14/h2-3,10H,4-9H2,1H3. The molecule has 1 saturated carbocycles. The fourth-order valence-corrected chi connectivity index (χ4v) is 4.01. The average molecular weight is 316 g/mol. The molecule has 1 aliphatic heterocycles. The molecule has 1 aromatic rings. The highest BCUT2D eigenvalue weighted by atomic mass is 35.5. The van der Waals surface area contributed by atoms with Gasteiger partial charge < -0.3 is 14.4 Å². The summed E-state index contributed by atoms with van der Waals surface area (Å²) in [6.45, 7) is 1.38. The molecular weight excluding hydrogens is 298 g/mol. The second kappa shape index (κ2) is 5.64. The van der Waals surface area contributed by atoms with Crippen LogP contribution in [0.5, 0.6) is 0 Å². The Morgan fingerprint density at radius 1 is 1.35 bits per heavy atom. The highest BCUT2D eigenvalue weighted by Crippen LogP contribution is 2.37. The Morgan fingerprint density at radius 3 is 2.55 bits per heavy atom. The molecule has 1 spiro atoms. The Labute approximate surface area is 127 Å². The van der Waals surface area contributed by atoms with E-state index in [0.717, 1.165) is 25.7 Å². The fraction of sp³-hybridized carbons (Fsp3) is 0.643. The van der Waals surface area contributed by atoms with E-state index >= 15 is 0 Å². The van der Waals surface area contributed by atoms with Crippen LogP contribution in [-0.4, -0.2) is 42.9 Å². The first kappa shape index (κ1) is 14.3. The smallest absolute Gasteiger partial charge is 0.263 e. The summed E-state index contributed by atoms with van der Waals surface area (Å²) >= 11 is 7.22. The van der Waals surface area contributed by atoms with Crippen LogP contribution in [0.3, 0.4) is 0 Å². The van der Waals surface area contributed by atoms with Gasteiger partial charge in [-0.2, -0.15) is 0 Å². The zero-order valence-electron chi connectivity index (χ0n) is 11.4. The van der Waals surface area contributed by atoms with Crippen LogP contribution < -0.4 is 0 Å². The van der Waals surface area contributed by atoms with E-state index in [0.29, 0.717) is 22.4 Å². The number of carbonyl (C=O) groups excluding carboxylic acids is 1. The molecule has 1 aromatic heterocycles. The number of amides is 1. The minimum Gasteiger partial charge on any atom is -0.348 e. The summed E-state index contributed by atoms with van der Waals surface area (Å²) in [5.41, 5.74) is 0. The van der Waals surface area contributed by atoms with E-state index in [2.05, 4.69) is 0 Å². The van der Waals surface area contributed by atoms with Gasteiger partial charge in [-0.25, -0.2) is 0 Å². The zero-order valence-corrected chi connectivity index (χ0v) is 13.0. The Hall–Kier alpha value is -0.620. The molecule has 0 aromatic carbocycles. The average Bonchev–Trinajstić information content (AvgIpc) is 3.08. The van der Waals surface area contributed by atoms with Gasteiger partial charge in [0, 0.05) is 25.9 Å². The molecule has 1 amide bonds. The van der Waals surface area contributed by atoms with Crippen LogP contribution in [0.4, 0.5) is 0 Å². The molecule has 2 heterocycles. The lowest BCUT2D eigenvalue weighted by molar-refractivity contribution is -0.182. The van der Waals surface area contributed by atoms with E-state index in [4.69, 9.17) is 21.1 Å². The molecule has 0 unspecified atom stereocenters. The first-order valence-corrected chi connectivity index (χ1v) is 8.09. The third-order valence-electron chi connectivity index (χ3n) is 4.18. The molecule has 2 fully saturated rings. The van der Waals surface area contributed by atoms with Crippen LogP contribution in [-0.2, 0) is 9.47 Å². The highest BCUT2D eigenvalue weighted by Gasteiger charge is 2.41. The van der Waals surface area contributed by atoms with E-state index in [1.165, 1.54) is 11.3 Å². The number of ether oxygens (including phenoxy) is 2. The summed E-state index contributed by atoms with van der Waals surface area (Å²) in [4.78, 5) is 14.9. The quantitative estimate of drug-likeness (QED) is 0.841. The molecular formula is C14H18ClNO3S. The predicted octanol–water partition coefficient (Wildman–Crippen LogP) is 3.16. The number of carbonyl (C=O) groups is 1. The molecule has 0 radical (unpaired) electrons. The maximum absolute atomic E-state index is 12.4. The zero-order chi connectivity index (χ0) is 14.2. The van der Waals surface area contributed by atoms with Gasteiger partial charge in [0.05, 0.1) is 22.4 Å². The van der Waals surface area contributed by atoms with Gasteiger partial charge in [-0.05, 0) is 25.0 Å². The van der Waals surface area contributed by atoms with Gasteiger partial charge in [0.2, 0.25) is 0 Å². The van der Waals surface area contributed by atoms with E-state index in [9.17, 15) is 4.79 Å². The van der Waals surface area contributed by atoms with Gasteiger partial charge in [-0.3, -0.25) is 4.79 Å². The second-order valence-corrected chi connectivity index (χ2v) is 7.07. The van der Waals surface area contributed by atoms with Crippen molar-refractivity contribution < 1.29 is 14.3 Å². The van der Waals surface area contributed by atoms with Crippen LogP contribution in [0.1, 0.15) is 35.4 Å². The normalized spacial score (nSPS) is 22.3. The summed E-state index contributed by atoms with van der Waals surface area (Å²) in [7, 11) is 1.87. The summed E-state index contributed by atoms with van der Waals surface area (Å²) in [5.74, 6) is -0.316. The lowest BCUT2D eigenvalue weighted by Crippen LogP contribution is -2.44. The van der Waals surface area contributed by atoms with Crippen molar-refractivity contribution in [2.24, 2.45) is 0 Å². The lowest BCUT2D eigenvalue weighted by atomic mass is 9.89. The van der Waals surface area contributed by atoms with Crippen molar-refractivity contribution in [2.75, 3.05) is 20.3 Å². The van der Waals surface area contributed by atoms with E-state index in [1.54, 1.807) is 12.1 Å². The van der Waals surface area contributed by atoms with Gasteiger partial charge in [-0.1, -0.05) is 11.6 Å². The first-order valence-electron chi connectivity index (χ1n) is 6.90. The Balaban J connectivity index is 1.61. The van der Waals surface area contributed by atoms with Crippen molar-refractivity contribution in [3.05, 3.63) is 21.3 Å². The largest absolute Gasteiger partial charge is 0.348 e. The molecule has 4 nitrogen and oxygen atoms in total. The maximum Gasteiger partial charge on any atom is 0.263 e. The number of nitrogens with zero attached hydrogens (tertiary/aromatic N) is 1. The van der Waals surface area contributed by atoms with Gasteiger partial charge >= 0.3 is 0 Å². The summed E-state index contributed by atoms with van der Waals surface area (Å²) in [5, 5.41) is 0. The van der Waals surface area contributed by atoms with Crippen LogP contribution in [0.15, 0.2) is 12.1 Å². The number of hydrogen-bond donors (Lipinski definition) is 0. The molecule has 3 rings (SSSR count). The molecule has 0 bridgehead atoms. The van der Waals surface area contributed by atoms with Gasteiger partial charge in [-0.15, -0.1) is 11.3 Å². The Kier molecular flexibility index (Phi) is 4.04. The van der Waals surface area contributed by atoms with Crippen LogP contribution in [0.25, 0.3) is 0 Å². The molecule has 6 heteroatoms. The van der Waals surface area contributed by atoms with Crippen LogP contribution in [0, 0.1) is 0 Å². The highest BCUT2D eigenvalue weighted by molar-refractivity contribution is 7.17. The fourth-order valence-electron chi connectivity index (χ4n) is 2.98. The van der Waals surface area contributed by atoms with E-state index in [-0.39, 0.29) is 17.7 Å². The van der Waals surface area contributed by atoms with Gasteiger partial charge in [0.1, 0.15) is 0 Å². The number of thiophene rings is 1. The molecule has 1 aliphatic carbocycles. The van der Waals surface area contributed by atoms with Gasteiger partial charge in [0.25, 0.3) is 5.91 Å². The van der Waals surface area contributed by atoms with Gasteiger partial charge in [0.15, 0.2) is 5.79 Å². The molecule has 0 N–H and O–H groups in total. The summed E-state index contributed by atoms with van der Waals surface area (Å²) in [6.07, 6.45) is 3.56. The summed E-state index contributed by atoms with van der Waals surface area (Å²) < 4.78 is 12.1. The topological polar surface area (TPSA) is 38.8 Å². The van der Waals surface area contributed by atoms with Crippen molar-refractivity contribution in [3.8, 4) is 0 Å². The van der Waals surface area contributed by atoms with Crippen molar-refractivity contribution in [2.45, 2.75) is 37.5 Å². The van der Waals surface area contributed by atoms with Crippen molar-refractivity contribution in [1.29, 1.82) is 0 Å². The SMILES string of the molecule is CN(C(=O)c1ccc(Cl)s1)C1CCC2(CC1)OCCO2. The molecule has 20 heavy (non-hydrogen) atoms. The molecule has 0 atom stereocenters. The third kappa shape index (κ3) is 2.72. The molecule has 110 valence electrons. The Bertz CT molecular complexity index is 488. The van der Waals surface area contributed by atoms with Crippen molar-refractivity contribution in [3.63, 3.8) is 0 Å². The Morgan fingerprint density at radius 2 is 2.00 bits per heavy atom. The minimum absolute atomic E-state index is 0.0520. The first-order chi connectivity index (χ1) is 9.60. The van der Waals surface area contributed by atoms with Crippen LogP contribution >= 0.6 is 22.9 Å². The minimum atomic E-state index is -0.368. The third-order valence-corrected chi connectivity index (χ3v) is 5.40. The molecule has 2 aliphatic rings. The number of halogens is 1. The summed E-state index contributed by atoms with van der Waals surface area (Å²) in [6, 6.07) is 3.81. The van der Waals surface area contributed by atoms with Crippen molar-refractivity contribution >= 4 is 28.8 Å². The van der Waals surface area contributed by atoms with Crippen LogP contribution in [0.2, 0.25) is 4.34 Å². The van der Waals surface area contributed by atoms with Crippen molar-refractivity contribution in [1.82, 2.24) is 4.90 Å².